The van der Waals surface area contributed by atoms with Gasteiger partial charge in [0.05, 0.1) is 22.1 Å². The van der Waals surface area contributed by atoms with Gasteiger partial charge in [-0.1, -0.05) is 295 Å². The molecule has 0 aliphatic heterocycles. The minimum atomic E-state index is 0.545. The van der Waals surface area contributed by atoms with Crippen molar-refractivity contribution in [3.8, 4) is 108 Å². The monoisotopic (exact) mass is 1410 g/mol. The molecule has 105 heavy (non-hydrogen) atoms. The highest BCUT2D eigenvalue weighted by atomic mass is 79.9. The third kappa shape index (κ3) is 12.3. The van der Waals surface area contributed by atoms with Crippen molar-refractivity contribution in [1.82, 2.24) is 58.6 Å². The maximum Gasteiger partial charge on any atom is 0.238 e. The lowest BCUT2D eigenvalue weighted by Crippen LogP contribution is -2.05. The molecule has 0 saturated heterocycles. The Hall–Kier alpha value is -13.9. The van der Waals surface area contributed by atoms with Crippen LogP contribution in [0.3, 0.4) is 0 Å². The van der Waals surface area contributed by atoms with Crippen molar-refractivity contribution < 1.29 is 0 Å². The molecule has 13 heteroatoms. The summed E-state index contributed by atoms with van der Waals surface area (Å²) in [6, 6.07) is 112. The SMILES string of the molecule is Brc1cccc(-c2ccccc2)c1.c1ccc(-c2cccc(-n3c4ccncc4c4c5c(ccc43)c(-c3ccccc3)cn5-c3nc(-c4ccccc4)nc(-c4ccccc4)n3)c2)cc1.c1ccc(-c2nc(-c3ccccc3)nc(-n3cc(-c4ccccc4)c4ccc5[nH]c6ccncc6c5c43)n2)cc1. The Morgan fingerprint density at radius 3 is 1.13 bits per heavy atom. The van der Waals surface area contributed by atoms with Crippen molar-refractivity contribution in [3.05, 3.63) is 369 Å². The van der Waals surface area contributed by atoms with Gasteiger partial charge in [0.2, 0.25) is 11.9 Å². The van der Waals surface area contributed by atoms with Crippen molar-refractivity contribution in [1.29, 1.82) is 0 Å². The van der Waals surface area contributed by atoms with Gasteiger partial charge in [-0.25, -0.2) is 9.97 Å². The quantitative estimate of drug-likeness (QED) is 0.135. The van der Waals surface area contributed by atoms with Crippen molar-refractivity contribution >= 4 is 81.3 Å². The number of halogens is 1. The zero-order valence-corrected chi connectivity index (χ0v) is 58.0. The fraction of sp³-hybridized carbons (Fsp3) is 0. The molecule has 8 heterocycles. The number of rotatable bonds is 11. The average Bonchev–Trinajstić information content (AvgIpc) is 1.63. The van der Waals surface area contributed by atoms with Crippen LogP contribution in [0.15, 0.2) is 369 Å². The minimum Gasteiger partial charge on any atom is -0.354 e. The molecule has 0 bridgehead atoms. The molecule has 1 N–H and O–H groups in total. The highest BCUT2D eigenvalue weighted by Gasteiger charge is 2.25. The van der Waals surface area contributed by atoms with Crippen LogP contribution in [0.2, 0.25) is 0 Å². The lowest BCUT2D eigenvalue weighted by atomic mass is 10.0. The van der Waals surface area contributed by atoms with Gasteiger partial charge in [-0.05, 0) is 81.9 Å². The van der Waals surface area contributed by atoms with Gasteiger partial charge >= 0.3 is 0 Å². The zero-order valence-electron chi connectivity index (χ0n) is 56.4. The summed E-state index contributed by atoms with van der Waals surface area (Å²) in [6.07, 6.45) is 11.9. The number of aromatic nitrogens is 12. The Morgan fingerprint density at radius 2 is 0.667 bits per heavy atom. The number of fused-ring (bicyclic) bond motifs is 10. The molecule has 0 fully saturated rings. The predicted molar refractivity (Wildman–Crippen MR) is 430 cm³/mol. The Morgan fingerprint density at radius 1 is 0.276 bits per heavy atom. The number of hydrogen-bond acceptors (Lipinski definition) is 8. The zero-order chi connectivity index (χ0) is 70.0. The maximum atomic E-state index is 5.17. The van der Waals surface area contributed by atoms with Gasteiger partial charge in [0.25, 0.3) is 0 Å². The summed E-state index contributed by atoms with van der Waals surface area (Å²) in [4.78, 5) is 43.0. The summed E-state index contributed by atoms with van der Waals surface area (Å²) in [6.45, 7) is 0. The van der Waals surface area contributed by atoms with E-state index < -0.39 is 0 Å². The molecule has 8 aromatic heterocycles. The first-order chi connectivity index (χ1) is 52.0. The first kappa shape index (κ1) is 63.3. The molecule has 20 aromatic rings. The number of pyridine rings is 2. The molecule has 0 radical (unpaired) electrons. The van der Waals surface area contributed by atoms with Crippen molar-refractivity contribution in [3.63, 3.8) is 0 Å². The van der Waals surface area contributed by atoms with Crippen LogP contribution in [0.5, 0.6) is 0 Å². The summed E-state index contributed by atoms with van der Waals surface area (Å²) in [5.41, 5.74) is 20.3. The smallest absolute Gasteiger partial charge is 0.238 e. The molecule has 0 aliphatic rings. The number of hydrogen-bond donors (Lipinski definition) is 1. The van der Waals surface area contributed by atoms with Gasteiger partial charge in [0.1, 0.15) is 0 Å². The van der Waals surface area contributed by atoms with Crippen molar-refractivity contribution in [2.75, 3.05) is 0 Å². The second-order valence-electron chi connectivity index (χ2n) is 25.4. The Kier molecular flexibility index (Phi) is 16.8. The molecule has 0 spiro atoms. The van der Waals surface area contributed by atoms with Crippen LogP contribution in [0, 0.1) is 0 Å². The van der Waals surface area contributed by atoms with Crippen molar-refractivity contribution in [2.45, 2.75) is 0 Å². The van der Waals surface area contributed by atoms with Gasteiger partial charge in [-0.15, -0.1) is 0 Å². The summed E-state index contributed by atoms with van der Waals surface area (Å²) in [5.74, 6) is 3.58. The van der Waals surface area contributed by atoms with E-state index in [0.717, 1.165) is 126 Å². The lowest BCUT2D eigenvalue weighted by molar-refractivity contribution is 0.935. The molecule has 0 unspecified atom stereocenters. The fourth-order valence-corrected chi connectivity index (χ4v) is 14.5. The van der Waals surface area contributed by atoms with Crippen LogP contribution >= 0.6 is 15.9 Å². The highest BCUT2D eigenvalue weighted by Crippen LogP contribution is 2.44. The summed E-state index contributed by atoms with van der Waals surface area (Å²) in [7, 11) is 0. The normalized spacial score (nSPS) is 11.3. The van der Waals surface area contributed by atoms with Gasteiger partial charge in [-0.2, -0.15) is 19.9 Å². The Labute approximate surface area is 612 Å². The second kappa shape index (κ2) is 27.9. The summed E-state index contributed by atoms with van der Waals surface area (Å²) >= 11 is 3.46. The van der Waals surface area contributed by atoms with Gasteiger partial charge in [0.15, 0.2) is 23.3 Å². The van der Waals surface area contributed by atoms with Gasteiger partial charge in [0, 0.05) is 124 Å². The Balaban J connectivity index is 0.000000130. The summed E-state index contributed by atoms with van der Waals surface area (Å²) in [5, 5.41) is 6.49. The standard InChI is InChI=1S/C46H30N6.C34H22N6.C12H9Br/c1-5-14-31(15-6-1)35-22-13-23-36(28-35)52-40-26-27-47-29-38(40)42-41(52)25-24-37-39(32-16-7-2-8-17-32)30-51(43(37)42)46-49-44(33-18-9-3-10-19-33)48-45(50-46)34-20-11-4-12-21-34;1-4-10-22(11-5-1)27-21-40(31-25(27)16-17-29-30(31)26-20-35-19-18-28(26)36-29)34-38-32(23-12-6-2-7-13-23)37-33(39-34)24-14-8-3-9-15-24;13-12-8-4-7-11(9-12)10-5-2-1-3-6-10/h1-30H;1-21,36H;1-9H. The number of nitrogens with zero attached hydrogens (tertiary/aromatic N) is 11. The molecule has 0 saturated carbocycles. The molecule has 12 aromatic carbocycles. The third-order valence-corrected chi connectivity index (χ3v) is 19.4. The number of H-pyrrole nitrogens is 1. The lowest BCUT2D eigenvalue weighted by Gasteiger charge is -2.11. The van der Waals surface area contributed by atoms with E-state index in [0.29, 0.717) is 35.2 Å². The van der Waals surface area contributed by atoms with E-state index in [1.54, 1.807) is 0 Å². The third-order valence-electron chi connectivity index (χ3n) is 18.9. The topological polar surface area (TPSA) is 134 Å². The van der Waals surface area contributed by atoms with E-state index in [-0.39, 0.29) is 0 Å². The maximum absolute atomic E-state index is 5.17. The molecule has 12 nitrogen and oxygen atoms in total. The molecule has 496 valence electrons. The second-order valence-corrected chi connectivity index (χ2v) is 26.3. The van der Waals surface area contributed by atoms with Crippen LogP contribution in [0.4, 0.5) is 0 Å². The highest BCUT2D eigenvalue weighted by molar-refractivity contribution is 9.10. The molecule has 0 amide bonds. The molecule has 0 aliphatic carbocycles. The number of nitrogens with one attached hydrogen (secondary N) is 1. The van der Waals surface area contributed by atoms with Crippen LogP contribution in [0.25, 0.3) is 173 Å². The summed E-state index contributed by atoms with van der Waals surface area (Å²) < 4.78 is 7.72. The fourth-order valence-electron chi connectivity index (χ4n) is 14.1. The molecular formula is C92H61BrN12. The minimum absolute atomic E-state index is 0.545. The average molecular weight is 1410 g/mol. The van der Waals surface area contributed by atoms with Crippen LogP contribution in [-0.2, 0) is 0 Å². The van der Waals surface area contributed by atoms with E-state index in [4.69, 9.17) is 29.9 Å². The predicted octanol–water partition coefficient (Wildman–Crippen LogP) is 22.9. The van der Waals surface area contributed by atoms with E-state index in [1.165, 1.54) is 16.7 Å². The molecule has 0 atom stereocenters. The van der Waals surface area contributed by atoms with Gasteiger partial charge < -0.3 is 9.55 Å². The largest absolute Gasteiger partial charge is 0.354 e. The van der Waals surface area contributed by atoms with E-state index in [2.05, 4.69) is 227 Å². The van der Waals surface area contributed by atoms with E-state index >= 15 is 0 Å². The molecular weight excluding hydrogens is 1350 g/mol. The number of benzene rings is 12. The van der Waals surface area contributed by atoms with Gasteiger partial charge in [-0.3, -0.25) is 19.1 Å². The van der Waals surface area contributed by atoms with Crippen LogP contribution in [-0.4, -0.2) is 58.6 Å². The van der Waals surface area contributed by atoms with Crippen LogP contribution < -0.4 is 0 Å². The molecule has 20 rings (SSSR count). The first-order valence-corrected chi connectivity index (χ1v) is 35.4. The van der Waals surface area contributed by atoms with Crippen molar-refractivity contribution in [2.24, 2.45) is 0 Å². The van der Waals surface area contributed by atoms with E-state index in [9.17, 15) is 0 Å². The van der Waals surface area contributed by atoms with Crippen LogP contribution in [0.1, 0.15) is 0 Å². The Bertz CT molecular complexity index is 6390. The number of aromatic amines is 1. The first-order valence-electron chi connectivity index (χ1n) is 34.6. The van der Waals surface area contributed by atoms with E-state index in [1.807, 2.05) is 183 Å².